The molecule has 1 aliphatic rings. The van der Waals surface area contributed by atoms with E-state index in [1.807, 2.05) is 0 Å². The van der Waals surface area contributed by atoms with Crippen molar-refractivity contribution in [3.63, 3.8) is 0 Å². The van der Waals surface area contributed by atoms with Crippen molar-refractivity contribution >= 4 is 11.6 Å². The van der Waals surface area contributed by atoms with Gasteiger partial charge in [-0.2, -0.15) is 0 Å². The van der Waals surface area contributed by atoms with E-state index in [2.05, 4.69) is 5.32 Å². The van der Waals surface area contributed by atoms with Gasteiger partial charge >= 0.3 is 0 Å². The van der Waals surface area contributed by atoms with Gasteiger partial charge in [0, 0.05) is 18.0 Å². The molecule has 0 spiro atoms. The molecule has 0 saturated carbocycles. The first-order chi connectivity index (χ1) is 7.09. The molecular weight excluding hydrogens is 220 g/mol. The minimum Gasteiger partial charge on any atom is -0.313 e. The van der Waals surface area contributed by atoms with Crippen LogP contribution in [0.1, 0.15) is 12.0 Å². The molecule has 82 valence electrons. The molecule has 1 atom stereocenters. The van der Waals surface area contributed by atoms with Crippen LogP contribution in [0.2, 0.25) is 5.02 Å². The summed E-state index contributed by atoms with van der Waals surface area (Å²) in [7, 11) is 0. The average molecular weight is 232 g/mol. The zero-order valence-corrected chi connectivity index (χ0v) is 8.95. The monoisotopic (exact) mass is 231 g/mol. The Kier molecular flexibility index (Phi) is 2.94. The van der Waals surface area contributed by atoms with Crippen molar-refractivity contribution < 1.29 is 8.78 Å². The third-order valence-electron chi connectivity index (χ3n) is 2.71. The molecule has 15 heavy (non-hydrogen) atoms. The van der Waals surface area contributed by atoms with Crippen LogP contribution < -0.4 is 5.32 Å². The molecule has 1 aliphatic heterocycles. The van der Waals surface area contributed by atoms with E-state index in [-0.39, 0.29) is 12.2 Å². The second kappa shape index (κ2) is 4.06. The average Bonchev–Trinajstić information content (AvgIpc) is 2.59. The maximum atomic E-state index is 14.0. The van der Waals surface area contributed by atoms with Crippen molar-refractivity contribution in [3.05, 3.63) is 34.6 Å². The summed E-state index contributed by atoms with van der Waals surface area (Å²) in [4.78, 5) is 0. The molecule has 1 N–H and O–H groups in total. The highest BCUT2D eigenvalue weighted by atomic mass is 35.5. The van der Waals surface area contributed by atoms with E-state index in [9.17, 15) is 8.78 Å². The smallest absolute Gasteiger partial charge is 0.128 e. The highest BCUT2D eigenvalue weighted by molar-refractivity contribution is 6.30. The van der Waals surface area contributed by atoms with E-state index < -0.39 is 5.67 Å². The van der Waals surface area contributed by atoms with Crippen LogP contribution in [0.5, 0.6) is 0 Å². The third kappa shape index (κ3) is 2.47. The summed E-state index contributed by atoms with van der Waals surface area (Å²) in [5.41, 5.74) is -0.973. The molecule has 4 heteroatoms. The first-order valence-corrected chi connectivity index (χ1v) is 5.30. The number of nitrogens with one attached hydrogen (secondary N) is 1. The standard InChI is InChI=1S/C11H12ClF2N/c12-9-1-2-10(13)8(5-9)6-11(14)3-4-15-7-11/h1-2,5,15H,3-4,6-7H2. The van der Waals surface area contributed by atoms with Gasteiger partial charge in [0.25, 0.3) is 0 Å². The van der Waals surface area contributed by atoms with Crippen LogP contribution >= 0.6 is 11.6 Å². The third-order valence-corrected chi connectivity index (χ3v) is 2.94. The van der Waals surface area contributed by atoms with Gasteiger partial charge in [0.1, 0.15) is 11.5 Å². The number of alkyl halides is 1. The van der Waals surface area contributed by atoms with Crippen LogP contribution in [0, 0.1) is 5.82 Å². The molecular formula is C11H12ClF2N. The minimum atomic E-state index is -1.33. The Balaban J connectivity index is 2.19. The molecule has 1 fully saturated rings. The van der Waals surface area contributed by atoms with Gasteiger partial charge in [-0.05, 0) is 36.7 Å². The predicted molar refractivity (Wildman–Crippen MR) is 56.4 cm³/mol. The highest BCUT2D eigenvalue weighted by Gasteiger charge is 2.34. The van der Waals surface area contributed by atoms with Crippen molar-refractivity contribution in [1.82, 2.24) is 5.32 Å². The van der Waals surface area contributed by atoms with Gasteiger partial charge in [0.15, 0.2) is 0 Å². The van der Waals surface area contributed by atoms with Crippen molar-refractivity contribution in [1.29, 1.82) is 0 Å². The second-order valence-electron chi connectivity index (χ2n) is 3.99. The number of hydrogen-bond acceptors (Lipinski definition) is 1. The molecule has 0 radical (unpaired) electrons. The molecule has 0 aliphatic carbocycles. The lowest BCUT2D eigenvalue weighted by Crippen LogP contribution is -2.29. The molecule has 0 aromatic heterocycles. The number of hydrogen-bond donors (Lipinski definition) is 1. The first-order valence-electron chi connectivity index (χ1n) is 4.93. The van der Waals surface area contributed by atoms with Crippen molar-refractivity contribution in [3.8, 4) is 0 Å². The molecule has 0 bridgehead atoms. The zero-order chi connectivity index (χ0) is 10.9. The van der Waals surface area contributed by atoms with Gasteiger partial charge in [-0.3, -0.25) is 0 Å². The Morgan fingerprint density at radius 3 is 2.93 bits per heavy atom. The zero-order valence-electron chi connectivity index (χ0n) is 8.19. The van der Waals surface area contributed by atoms with E-state index in [4.69, 9.17) is 11.6 Å². The maximum absolute atomic E-state index is 14.0. The van der Waals surface area contributed by atoms with E-state index in [0.717, 1.165) is 0 Å². The van der Waals surface area contributed by atoms with Gasteiger partial charge in [0.2, 0.25) is 0 Å². The van der Waals surface area contributed by atoms with Crippen LogP contribution in [0.3, 0.4) is 0 Å². The largest absolute Gasteiger partial charge is 0.313 e. The maximum Gasteiger partial charge on any atom is 0.128 e. The van der Waals surface area contributed by atoms with E-state index in [1.165, 1.54) is 18.2 Å². The quantitative estimate of drug-likeness (QED) is 0.825. The molecule has 1 saturated heterocycles. The van der Waals surface area contributed by atoms with Crippen LogP contribution in [0.25, 0.3) is 0 Å². The van der Waals surface area contributed by atoms with E-state index in [1.54, 1.807) is 0 Å². The van der Waals surface area contributed by atoms with Crippen LogP contribution in [0.15, 0.2) is 18.2 Å². The lowest BCUT2D eigenvalue weighted by atomic mass is 9.95. The Morgan fingerprint density at radius 2 is 2.27 bits per heavy atom. The topological polar surface area (TPSA) is 12.0 Å². The molecule has 2 rings (SSSR count). The number of halogens is 3. The number of benzene rings is 1. The molecule has 1 unspecified atom stereocenters. The van der Waals surface area contributed by atoms with Crippen LogP contribution in [-0.4, -0.2) is 18.8 Å². The van der Waals surface area contributed by atoms with Gasteiger partial charge in [-0.25, -0.2) is 8.78 Å². The molecule has 1 nitrogen and oxygen atoms in total. The number of rotatable bonds is 2. The first kappa shape index (κ1) is 10.8. The molecule has 1 aromatic carbocycles. The predicted octanol–water partition coefficient (Wildman–Crippen LogP) is 2.72. The summed E-state index contributed by atoms with van der Waals surface area (Å²) in [5.74, 6) is -0.386. The SMILES string of the molecule is Fc1ccc(Cl)cc1CC1(F)CCNC1. The lowest BCUT2D eigenvalue weighted by Gasteiger charge is -2.18. The fraction of sp³-hybridized carbons (Fsp3) is 0.455. The molecule has 0 amide bonds. The van der Waals surface area contributed by atoms with Gasteiger partial charge in [0.05, 0.1) is 0 Å². The second-order valence-corrected chi connectivity index (χ2v) is 4.43. The van der Waals surface area contributed by atoms with Crippen molar-refractivity contribution in [2.45, 2.75) is 18.5 Å². The summed E-state index contributed by atoms with van der Waals surface area (Å²) in [5, 5.41) is 3.38. The summed E-state index contributed by atoms with van der Waals surface area (Å²) in [6.07, 6.45) is 0.519. The summed E-state index contributed by atoms with van der Waals surface area (Å²) in [6.45, 7) is 0.942. The van der Waals surface area contributed by atoms with E-state index in [0.29, 0.717) is 30.1 Å². The van der Waals surface area contributed by atoms with Crippen molar-refractivity contribution in [2.24, 2.45) is 0 Å². The fourth-order valence-corrected chi connectivity index (χ4v) is 2.08. The Hall–Kier alpha value is -0.670. The normalized spacial score (nSPS) is 25.8. The fourth-order valence-electron chi connectivity index (χ4n) is 1.88. The summed E-state index contributed by atoms with van der Waals surface area (Å²) < 4.78 is 27.4. The minimum absolute atomic E-state index is 0.0897. The van der Waals surface area contributed by atoms with Crippen molar-refractivity contribution in [2.75, 3.05) is 13.1 Å². The lowest BCUT2D eigenvalue weighted by molar-refractivity contribution is 0.188. The van der Waals surface area contributed by atoms with E-state index >= 15 is 0 Å². The highest BCUT2D eigenvalue weighted by Crippen LogP contribution is 2.27. The van der Waals surface area contributed by atoms with Gasteiger partial charge in [-0.1, -0.05) is 11.6 Å². The Bertz CT molecular complexity index is 362. The molecule has 1 heterocycles. The van der Waals surface area contributed by atoms with Gasteiger partial charge in [-0.15, -0.1) is 0 Å². The van der Waals surface area contributed by atoms with Crippen LogP contribution in [-0.2, 0) is 6.42 Å². The van der Waals surface area contributed by atoms with Crippen LogP contribution in [0.4, 0.5) is 8.78 Å². The Labute approximate surface area is 92.4 Å². The Morgan fingerprint density at radius 1 is 1.47 bits per heavy atom. The summed E-state index contributed by atoms with van der Waals surface area (Å²) in [6, 6.07) is 4.25. The molecule has 1 aromatic rings. The summed E-state index contributed by atoms with van der Waals surface area (Å²) >= 11 is 5.74. The van der Waals surface area contributed by atoms with Gasteiger partial charge < -0.3 is 5.32 Å².